The molecule has 0 amide bonds. The van der Waals surface area contributed by atoms with Crippen LogP contribution in [0, 0.1) is 6.92 Å². The van der Waals surface area contributed by atoms with Gasteiger partial charge in [0.05, 0.1) is 12.1 Å². The van der Waals surface area contributed by atoms with Crippen molar-refractivity contribution in [1.29, 1.82) is 0 Å². The van der Waals surface area contributed by atoms with Gasteiger partial charge in [-0.2, -0.15) is 0 Å². The van der Waals surface area contributed by atoms with E-state index in [-0.39, 0.29) is 6.02 Å². The number of amidine groups is 1. The van der Waals surface area contributed by atoms with Gasteiger partial charge in [-0.3, -0.25) is 0 Å². The molecule has 0 radical (unpaired) electrons. The molecule has 0 fully saturated rings. The SMILES string of the molecule is COc1ccc(C2(c3ccc(Cl)c(Br)c3)COC(N)=N2)cc1C. The molecule has 1 aliphatic heterocycles. The van der Waals surface area contributed by atoms with Crippen molar-refractivity contribution in [2.75, 3.05) is 13.7 Å². The summed E-state index contributed by atoms with van der Waals surface area (Å²) >= 11 is 9.59. The van der Waals surface area contributed by atoms with Crippen LogP contribution in [0.4, 0.5) is 0 Å². The lowest BCUT2D eigenvalue weighted by atomic mass is 9.83. The molecule has 1 atom stereocenters. The van der Waals surface area contributed by atoms with Gasteiger partial charge in [-0.1, -0.05) is 23.7 Å². The maximum atomic E-state index is 6.12. The molecule has 2 aromatic rings. The number of halogens is 2. The smallest absolute Gasteiger partial charge is 0.283 e. The fourth-order valence-electron chi connectivity index (χ4n) is 2.78. The summed E-state index contributed by atoms with van der Waals surface area (Å²) < 4.78 is 11.6. The van der Waals surface area contributed by atoms with Gasteiger partial charge in [-0.05, 0) is 63.8 Å². The largest absolute Gasteiger partial charge is 0.496 e. The molecule has 0 spiro atoms. The second-order valence-corrected chi connectivity index (χ2v) is 6.67. The van der Waals surface area contributed by atoms with Crippen LogP contribution in [0.15, 0.2) is 45.9 Å². The van der Waals surface area contributed by atoms with E-state index in [1.807, 2.05) is 43.3 Å². The Labute approximate surface area is 148 Å². The van der Waals surface area contributed by atoms with Crippen LogP contribution in [-0.2, 0) is 10.3 Å². The Morgan fingerprint density at radius 1 is 1.26 bits per heavy atom. The van der Waals surface area contributed by atoms with Crippen LogP contribution < -0.4 is 10.5 Å². The third-order valence-corrected chi connectivity index (χ3v) is 5.21. The third kappa shape index (κ3) is 2.79. The van der Waals surface area contributed by atoms with Gasteiger partial charge in [0.1, 0.15) is 12.4 Å². The number of benzene rings is 2. The minimum Gasteiger partial charge on any atom is -0.496 e. The molecule has 0 bridgehead atoms. The summed E-state index contributed by atoms with van der Waals surface area (Å²) in [6.45, 7) is 2.34. The molecule has 4 nitrogen and oxygen atoms in total. The molecule has 0 aliphatic carbocycles. The predicted octanol–water partition coefficient (Wildman–Crippen LogP) is 4.01. The van der Waals surface area contributed by atoms with Crippen molar-refractivity contribution in [3.63, 3.8) is 0 Å². The Morgan fingerprint density at radius 2 is 1.96 bits per heavy atom. The van der Waals surface area contributed by atoms with E-state index in [4.69, 9.17) is 26.8 Å². The Bertz CT molecular complexity index is 794. The minimum atomic E-state index is -0.686. The van der Waals surface area contributed by atoms with Gasteiger partial charge in [0.2, 0.25) is 0 Å². The highest BCUT2D eigenvalue weighted by molar-refractivity contribution is 9.10. The number of aliphatic imine (C=N–C) groups is 1. The van der Waals surface area contributed by atoms with Gasteiger partial charge < -0.3 is 15.2 Å². The summed E-state index contributed by atoms with van der Waals surface area (Å²) in [4.78, 5) is 4.60. The Hall–Kier alpha value is -1.72. The van der Waals surface area contributed by atoms with Gasteiger partial charge in [-0.25, -0.2) is 4.99 Å². The Balaban J connectivity index is 2.18. The number of hydrogen-bond acceptors (Lipinski definition) is 4. The maximum absolute atomic E-state index is 6.12. The molecule has 2 aromatic carbocycles. The monoisotopic (exact) mass is 394 g/mol. The van der Waals surface area contributed by atoms with E-state index in [2.05, 4.69) is 20.9 Å². The maximum Gasteiger partial charge on any atom is 0.283 e. The van der Waals surface area contributed by atoms with E-state index in [1.54, 1.807) is 7.11 Å². The zero-order valence-corrected chi connectivity index (χ0v) is 15.1. The van der Waals surface area contributed by atoms with E-state index in [0.717, 1.165) is 26.9 Å². The number of nitrogens with zero attached hydrogens (tertiary/aromatic N) is 1. The van der Waals surface area contributed by atoms with Crippen molar-refractivity contribution in [2.24, 2.45) is 10.7 Å². The van der Waals surface area contributed by atoms with Crippen molar-refractivity contribution in [3.05, 3.63) is 62.6 Å². The molecule has 0 aromatic heterocycles. The summed E-state index contributed by atoms with van der Waals surface area (Å²) in [5, 5.41) is 0.644. The van der Waals surface area contributed by atoms with Crippen LogP contribution in [0.1, 0.15) is 16.7 Å². The highest BCUT2D eigenvalue weighted by Gasteiger charge is 2.40. The van der Waals surface area contributed by atoms with Crippen molar-refractivity contribution in [3.8, 4) is 5.75 Å². The summed E-state index contributed by atoms with van der Waals surface area (Å²) in [6.07, 6.45) is 0. The van der Waals surface area contributed by atoms with Crippen molar-refractivity contribution >= 4 is 33.6 Å². The van der Waals surface area contributed by atoms with Gasteiger partial charge in [0, 0.05) is 4.47 Å². The molecule has 6 heteroatoms. The zero-order chi connectivity index (χ0) is 16.6. The molecule has 23 heavy (non-hydrogen) atoms. The average Bonchev–Trinajstić information content (AvgIpc) is 2.93. The lowest BCUT2D eigenvalue weighted by molar-refractivity contribution is 0.278. The standard InChI is InChI=1S/C17H16BrClN2O2/c1-10-7-11(4-6-15(10)22-2)17(9-23-16(20)21-17)12-3-5-14(19)13(18)8-12/h3-8H,9H2,1-2H3,(H2,20,21). The van der Waals surface area contributed by atoms with Crippen LogP contribution in [0.2, 0.25) is 5.02 Å². The zero-order valence-electron chi connectivity index (χ0n) is 12.8. The first-order chi connectivity index (χ1) is 11.0. The van der Waals surface area contributed by atoms with Gasteiger partial charge >= 0.3 is 0 Å². The van der Waals surface area contributed by atoms with Crippen molar-refractivity contribution < 1.29 is 9.47 Å². The lowest BCUT2D eigenvalue weighted by Crippen LogP contribution is -2.27. The molecule has 1 aliphatic rings. The highest BCUT2D eigenvalue weighted by atomic mass is 79.9. The van der Waals surface area contributed by atoms with E-state index in [1.165, 1.54) is 0 Å². The first-order valence-electron chi connectivity index (χ1n) is 7.05. The highest BCUT2D eigenvalue weighted by Crippen LogP contribution is 2.40. The van der Waals surface area contributed by atoms with E-state index >= 15 is 0 Å². The van der Waals surface area contributed by atoms with Crippen LogP contribution in [0.3, 0.4) is 0 Å². The number of rotatable bonds is 3. The topological polar surface area (TPSA) is 56.8 Å². The molecule has 1 heterocycles. The molecule has 3 rings (SSSR count). The normalized spacial score (nSPS) is 20.1. The molecule has 0 saturated carbocycles. The van der Waals surface area contributed by atoms with E-state index in [9.17, 15) is 0 Å². The average molecular weight is 396 g/mol. The van der Waals surface area contributed by atoms with Crippen LogP contribution in [-0.4, -0.2) is 19.7 Å². The lowest BCUT2D eigenvalue weighted by Gasteiger charge is -2.26. The summed E-state index contributed by atoms with van der Waals surface area (Å²) in [5.74, 6) is 0.831. The Morgan fingerprint density at radius 3 is 2.52 bits per heavy atom. The molecule has 2 N–H and O–H groups in total. The fourth-order valence-corrected chi connectivity index (χ4v) is 3.28. The molecule has 0 saturated heterocycles. The van der Waals surface area contributed by atoms with E-state index < -0.39 is 5.54 Å². The molecular formula is C17H16BrClN2O2. The van der Waals surface area contributed by atoms with Crippen LogP contribution in [0.25, 0.3) is 0 Å². The number of aryl methyl sites for hydroxylation is 1. The first-order valence-corrected chi connectivity index (χ1v) is 8.22. The van der Waals surface area contributed by atoms with Crippen LogP contribution in [0.5, 0.6) is 5.75 Å². The van der Waals surface area contributed by atoms with Crippen molar-refractivity contribution in [1.82, 2.24) is 0 Å². The number of hydrogen-bond donors (Lipinski definition) is 1. The predicted molar refractivity (Wildman–Crippen MR) is 95.2 cm³/mol. The fraction of sp³-hybridized carbons (Fsp3) is 0.235. The summed E-state index contributed by atoms with van der Waals surface area (Å²) in [5.41, 5.74) is 8.10. The van der Waals surface area contributed by atoms with Gasteiger partial charge in [-0.15, -0.1) is 0 Å². The second-order valence-electron chi connectivity index (χ2n) is 5.41. The summed E-state index contributed by atoms with van der Waals surface area (Å²) in [7, 11) is 1.66. The number of methoxy groups -OCH3 is 1. The van der Waals surface area contributed by atoms with Gasteiger partial charge in [0.15, 0.2) is 5.54 Å². The molecular weight excluding hydrogens is 380 g/mol. The van der Waals surface area contributed by atoms with Gasteiger partial charge in [0.25, 0.3) is 6.02 Å². The van der Waals surface area contributed by atoms with Crippen LogP contribution >= 0.6 is 27.5 Å². The summed E-state index contributed by atoms with van der Waals surface area (Å²) in [6, 6.07) is 11.9. The minimum absolute atomic E-state index is 0.185. The second kappa shape index (κ2) is 6.06. The Kier molecular flexibility index (Phi) is 4.25. The third-order valence-electron chi connectivity index (χ3n) is 4.00. The van der Waals surface area contributed by atoms with Crippen molar-refractivity contribution in [2.45, 2.75) is 12.5 Å². The quantitative estimate of drug-likeness (QED) is 0.854. The number of nitrogens with two attached hydrogens (primary N) is 1. The van der Waals surface area contributed by atoms with E-state index in [0.29, 0.717) is 11.6 Å². The first kappa shape index (κ1) is 16.1. The molecule has 120 valence electrons. The number of ether oxygens (including phenoxy) is 2. The molecule has 1 unspecified atom stereocenters.